The van der Waals surface area contributed by atoms with Gasteiger partial charge in [-0.05, 0) is 30.2 Å². The predicted molar refractivity (Wildman–Crippen MR) is 94.0 cm³/mol. The van der Waals surface area contributed by atoms with Gasteiger partial charge in [-0.2, -0.15) is 0 Å². The van der Waals surface area contributed by atoms with Crippen molar-refractivity contribution in [3.8, 4) is 17.2 Å². The molecule has 0 radical (unpaired) electrons. The average Bonchev–Trinajstić information content (AvgIpc) is 2.66. The van der Waals surface area contributed by atoms with Gasteiger partial charge in [-0.25, -0.2) is 13.2 Å². The van der Waals surface area contributed by atoms with Gasteiger partial charge in [0.05, 0.1) is 18.2 Å². The Labute approximate surface area is 155 Å². The normalized spacial score (nSPS) is 10.8. The molecule has 2 aromatic carbocycles. The Balaban J connectivity index is 2.36. The van der Waals surface area contributed by atoms with Crippen molar-refractivity contribution in [2.75, 3.05) is 7.11 Å². The molecule has 0 spiro atoms. The summed E-state index contributed by atoms with van der Waals surface area (Å²) < 4.78 is 56.7. The minimum absolute atomic E-state index is 0.163. The van der Waals surface area contributed by atoms with Gasteiger partial charge in [-0.3, -0.25) is 4.79 Å². The van der Waals surface area contributed by atoms with Gasteiger partial charge in [-0.15, -0.1) is 0 Å². The van der Waals surface area contributed by atoms with Gasteiger partial charge in [0.1, 0.15) is 29.7 Å². The first-order valence-electron chi connectivity index (χ1n) is 8.51. The van der Waals surface area contributed by atoms with E-state index < -0.39 is 23.8 Å². The zero-order chi connectivity index (χ0) is 20.0. The van der Waals surface area contributed by atoms with Gasteiger partial charge < -0.3 is 14.2 Å². The number of hydrogen-bond donors (Lipinski definition) is 0. The van der Waals surface area contributed by atoms with Crippen molar-refractivity contribution in [1.82, 2.24) is 0 Å². The molecule has 0 fully saturated rings. The second-order valence-corrected chi connectivity index (χ2v) is 5.69. The van der Waals surface area contributed by atoms with Gasteiger partial charge in [0.25, 0.3) is 6.43 Å². The van der Waals surface area contributed by atoms with E-state index in [2.05, 4.69) is 0 Å². The molecule has 0 amide bonds. The SMILES string of the molecule is CCC(=O)Oc1cccc(OC)c1COc1cc(F)c(CC)cc1C(F)F. The zero-order valence-corrected chi connectivity index (χ0v) is 15.4. The summed E-state index contributed by atoms with van der Waals surface area (Å²) in [5.41, 5.74) is 0.157. The van der Waals surface area contributed by atoms with Crippen LogP contribution >= 0.6 is 0 Å². The maximum Gasteiger partial charge on any atom is 0.310 e. The van der Waals surface area contributed by atoms with Gasteiger partial charge in [0, 0.05) is 12.5 Å². The number of hydrogen-bond acceptors (Lipinski definition) is 4. The quantitative estimate of drug-likeness (QED) is 0.463. The Morgan fingerprint density at radius 2 is 1.81 bits per heavy atom. The van der Waals surface area contributed by atoms with Crippen molar-refractivity contribution in [3.05, 3.63) is 52.8 Å². The molecule has 0 aromatic heterocycles. The molecule has 0 atom stereocenters. The molecular weight excluding hydrogens is 361 g/mol. The lowest BCUT2D eigenvalue weighted by Gasteiger charge is -2.17. The Morgan fingerprint density at radius 3 is 2.41 bits per heavy atom. The molecule has 0 aliphatic heterocycles. The van der Waals surface area contributed by atoms with Crippen LogP contribution in [0.4, 0.5) is 13.2 Å². The lowest BCUT2D eigenvalue weighted by molar-refractivity contribution is -0.134. The van der Waals surface area contributed by atoms with Gasteiger partial charge in [0.2, 0.25) is 0 Å². The van der Waals surface area contributed by atoms with E-state index >= 15 is 0 Å². The fraction of sp³-hybridized carbons (Fsp3) is 0.350. The molecule has 0 heterocycles. The van der Waals surface area contributed by atoms with Crippen molar-refractivity contribution in [2.24, 2.45) is 0 Å². The lowest BCUT2D eigenvalue weighted by atomic mass is 10.1. The van der Waals surface area contributed by atoms with E-state index in [1.54, 1.807) is 32.0 Å². The number of alkyl halides is 2. The Hall–Kier alpha value is -2.70. The van der Waals surface area contributed by atoms with Crippen LogP contribution < -0.4 is 14.2 Å². The number of halogens is 3. The summed E-state index contributed by atoms with van der Waals surface area (Å²) in [6.45, 7) is 3.09. The maximum absolute atomic E-state index is 14.0. The number of rotatable bonds is 8. The fourth-order valence-corrected chi connectivity index (χ4v) is 2.50. The molecule has 4 nitrogen and oxygen atoms in total. The molecule has 27 heavy (non-hydrogen) atoms. The van der Waals surface area contributed by atoms with Crippen LogP contribution in [0.1, 0.15) is 43.4 Å². The van der Waals surface area contributed by atoms with Crippen LogP contribution in [-0.4, -0.2) is 13.1 Å². The number of benzene rings is 2. The van der Waals surface area contributed by atoms with E-state index in [1.165, 1.54) is 7.11 Å². The summed E-state index contributed by atoms with van der Waals surface area (Å²) in [5.74, 6) is -0.782. The van der Waals surface area contributed by atoms with Crippen LogP contribution in [0.25, 0.3) is 0 Å². The third-order valence-corrected chi connectivity index (χ3v) is 3.99. The van der Waals surface area contributed by atoms with E-state index in [1.807, 2.05) is 0 Å². The highest BCUT2D eigenvalue weighted by Gasteiger charge is 2.20. The number of carbonyl (C=O) groups excluding carboxylic acids is 1. The molecule has 0 aliphatic carbocycles. The van der Waals surface area contributed by atoms with Gasteiger partial charge in [-0.1, -0.05) is 19.9 Å². The average molecular weight is 382 g/mol. The highest BCUT2D eigenvalue weighted by molar-refractivity contribution is 5.72. The van der Waals surface area contributed by atoms with Crippen molar-refractivity contribution in [2.45, 2.75) is 39.7 Å². The largest absolute Gasteiger partial charge is 0.496 e. The Morgan fingerprint density at radius 1 is 1.11 bits per heavy atom. The highest BCUT2D eigenvalue weighted by Crippen LogP contribution is 2.35. The first kappa shape index (κ1) is 20.6. The van der Waals surface area contributed by atoms with Gasteiger partial charge in [0.15, 0.2) is 0 Å². The minimum Gasteiger partial charge on any atom is -0.496 e. The summed E-state index contributed by atoms with van der Waals surface area (Å²) in [5, 5.41) is 0. The van der Waals surface area contributed by atoms with E-state index in [0.717, 1.165) is 12.1 Å². The first-order valence-corrected chi connectivity index (χ1v) is 8.51. The van der Waals surface area contributed by atoms with Crippen LogP contribution in [0.5, 0.6) is 17.2 Å². The predicted octanol–water partition coefficient (Wildman–Crippen LogP) is 5.23. The molecule has 2 aromatic rings. The fourth-order valence-electron chi connectivity index (χ4n) is 2.50. The topological polar surface area (TPSA) is 44.8 Å². The number of aryl methyl sites for hydroxylation is 1. The zero-order valence-electron chi connectivity index (χ0n) is 15.4. The maximum atomic E-state index is 14.0. The van der Waals surface area contributed by atoms with E-state index in [9.17, 15) is 18.0 Å². The minimum atomic E-state index is -2.82. The summed E-state index contributed by atoms with van der Waals surface area (Å²) in [6.07, 6.45) is -2.37. The molecule has 0 aliphatic rings. The standard InChI is InChI=1S/C20H21F3O4/c1-4-12-9-13(20(22)23)18(10-15(12)21)26-11-14-16(25-3)7-6-8-17(14)27-19(24)5-2/h6-10,20H,4-5,11H2,1-3H3. The van der Waals surface area contributed by atoms with Crippen LogP contribution in [0.15, 0.2) is 30.3 Å². The van der Waals surface area contributed by atoms with Crippen LogP contribution in [0, 0.1) is 5.82 Å². The second kappa shape index (κ2) is 9.30. The molecule has 0 bridgehead atoms. The van der Waals surface area contributed by atoms with E-state index in [4.69, 9.17) is 14.2 Å². The molecule has 0 N–H and O–H groups in total. The number of methoxy groups -OCH3 is 1. The summed E-state index contributed by atoms with van der Waals surface area (Å²) in [4.78, 5) is 11.6. The Bertz CT molecular complexity index is 806. The summed E-state index contributed by atoms with van der Waals surface area (Å²) >= 11 is 0. The van der Waals surface area contributed by atoms with Crippen molar-refractivity contribution < 1.29 is 32.2 Å². The summed E-state index contributed by atoms with van der Waals surface area (Å²) in [7, 11) is 1.42. The third-order valence-electron chi connectivity index (χ3n) is 3.99. The molecule has 7 heteroatoms. The van der Waals surface area contributed by atoms with Crippen LogP contribution in [0.3, 0.4) is 0 Å². The van der Waals surface area contributed by atoms with Crippen molar-refractivity contribution >= 4 is 5.97 Å². The van der Waals surface area contributed by atoms with Crippen LogP contribution in [-0.2, 0) is 17.8 Å². The molecule has 0 saturated carbocycles. The monoisotopic (exact) mass is 382 g/mol. The molecule has 2 rings (SSSR count). The molecule has 0 saturated heterocycles. The van der Waals surface area contributed by atoms with Crippen molar-refractivity contribution in [1.29, 1.82) is 0 Å². The first-order chi connectivity index (χ1) is 12.9. The van der Waals surface area contributed by atoms with Crippen molar-refractivity contribution in [3.63, 3.8) is 0 Å². The number of ether oxygens (including phenoxy) is 3. The van der Waals surface area contributed by atoms with E-state index in [-0.39, 0.29) is 36.5 Å². The van der Waals surface area contributed by atoms with E-state index in [0.29, 0.717) is 11.3 Å². The molecular formula is C20H21F3O4. The number of carbonyl (C=O) groups is 1. The number of esters is 1. The smallest absolute Gasteiger partial charge is 0.310 e. The Kier molecular flexibility index (Phi) is 7.10. The summed E-state index contributed by atoms with van der Waals surface area (Å²) in [6, 6.07) is 6.85. The second-order valence-electron chi connectivity index (χ2n) is 5.69. The molecule has 146 valence electrons. The highest BCUT2D eigenvalue weighted by atomic mass is 19.3. The third kappa shape index (κ3) is 4.93. The van der Waals surface area contributed by atoms with Crippen LogP contribution in [0.2, 0.25) is 0 Å². The molecule has 0 unspecified atom stereocenters. The lowest BCUT2D eigenvalue weighted by Crippen LogP contribution is -2.10. The van der Waals surface area contributed by atoms with Gasteiger partial charge >= 0.3 is 5.97 Å².